The topological polar surface area (TPSA) is 77.2 Å². The molecule has 0 aliphatic heterocycles. The Hall–Kier alpha value is -2.21. The molecule has 0 unspecified atom stereocenters. The van der Waals surface area contributed by atoms with Crippen molar-refractivity contribution in [3.63, 3.8) is 0 Å². The van der Waals surface area contributed by atoms with Crippen molar-refractivity contribution in [2.75, 3.05) is 13.7 Å². The van der Waals surface area contributed by atoms with Crippen LogP contribution in [0.4, 0.5) is 0 Å². The molecule has 0 aliphatic rings. The number of carboxylic acid groups (broad SMARTS) is 1. The molecule has 6 heteroatoms. The average molecular weight is 289 g/mol. The van der Waals surface area contributed by atoms with Crippen LogP contribution in [0.25, 0.3) is 0 Å². The molecule has 0 bridgehead atoms. The lowest BCUT2D eigenvalue weighted by Crippen LogP contribution is -2.11. The second-order valence-corrected chi connectivity index (χ2v) is 4.76. The molecule has 21 heavy (non-hydrogen) atoms. The lowest BCUT2D eigenvalue weighted by molar-refractivity contribution is 0.0688. The smallest absolute Gasteiger partial charge is 0.358 e. The summed E-state index contributed by atoms with van der Waals surface area (Å²) in [5.74, 6) is -1.06. The van der Waals surface area contributed by atoms with Crippen molar-refractivity contribution < 1.29 is 14.6 Å². The van der Waals surface area contributed by atoms with Gasteiger partial charge in [0, 0.05) is 13.5 Å². The standard InChI is InChI=1S/C15H19N3O3/c1-3-11-4-6-12(7-5-11)10-18-13(8-9-21-2)14(15(19)20)16-17-18/h4-7H,3,8-10H2,1-2H3,(H,19,20). The molecule has 1 heterocycles. The van der Waals surface area contributed by atoms with E-state index in [1.54, 1.807) is 11.8 Å². The first-order chi connectivity index (χ1) is 10.2. The number of hydrogen-bond acceptors (Lipinski definition) is 4. The number of nitrogens with zero attached hydrogens (tertiary/aromatic N) is 3. The zero-order valence-corrected chi connectivity index (χ0v) is 12.2. The van der Waals surface area contributed by atoms with Crippen molar-refractivity contribution >= 4 is 5.97 Å². The fourth-order valence-corrected chi connectivity index (χ4v) is 2.13. The van der Waals surface area contributed by atoms with E-state index in [1.165, 1.54) is 5.56 Å². The van der Waals surface area contributed by atoms with Crippen LogP contribution >= 0.6 is 0 Å². The number of rotatable bonds is 7. The summed E-state index contributed by atoms with van der Waals surface area (Å²) < 4.78 is 6.65. The van der Waals surface area contributed by atoms with E-state index in [2.05, 4.69) is 29.4 Å². The Morgan fingerprint density at radius 2 is 1.95 bits per heavy atom. The van der Waals surface area contributed by atoms with Crippen molar-refractivity contribution in [2.45, 2.75) is 26.3 Å². The number of aromatic nitrogens is 3. The number of aryl methyl sites for hydroxylation is 1. The number of carbonyl (C=O) groups is 1. The van der Waals surface area contributed by atoms with Crippen molar-refractivity contribution in [1.29, 1.82) is 0 Å². The van der Waals surface area contributed by atoms with Gasteiger partial charge >= 0.3 is 5.97 Å². The van der Waals surface area contributed by atoms with Gasteiger partial charge in [0.15, 0.2) is 5.69 Å². The first kappa shape index (κ1) is 15.2. The Morgan fingerprint density at radius 3 is 2.52 bits per heavy atom. The van der Waals surface area contributed by atoms with E-state index in [4.69, 9.17) is 9.84 Å². The molecule has 1 aromatic heterocycles. The van der Waals surface area contributed by atoms with Crippen LogP contribution in [0.1, 0.15) is 34.2 Å². The van der Waals surface area contributed by atoms with E-state index in [-0.39, 0.29) is 5.69 Å². The van der Waals surface area contributed by atoms with Crippen LogP contribution in [-0.2, 0) is 24.1 Å². The third-order valence-electron chi connectivity index (χ3n) is 3.35. The summed E-state index contributed by atoms with van der Waals surface area (Å²) in [6.45, 7) is 3.04. The van der Waals surface area contributed by atoms with Gasteiger partial charge < -0.3 is 9.84 Å². The third kappa shape index (κ3) is 3.66. The average Bonchev–Trinajstić information content (AvgIpc) is 2.89. The monoisotopic (exact) mass is 289 g/mol. The Balaban J connectivity index is 2.23. The maximum atomic E-state index is 11.2. The summed E-state index contributed by atoms with van der Waals surface area (Å²) in [4.78, 5) is 11.2. The van der Waals surface area contributed by atoms with E-state index in [1.807, 2.05) is 12.1 Å². The fraction of sp³-hybridized carbons (Fsp3) is 0.400. The van der Waals surface area contributed by atoms with Crippen molar-refractivity contribution in [1.82, 2.24) is 15.0 Å². The molecule has 0 spiro atoms. The summed E-state index contributed by atoms with van der Waals surface area (Å²) in [6.07, 6.45) is 1.46. The first-order valence-electron chi connectivity index (χ1n) is 6.88. The van der Waals surface area contributed by atoms with Gasteiger partial charge in [-0.2, -0.15) is 0 Å². The highest BCUT2D eigenvalue weighted by Gasteiger charge is 2.18. The lowest BCUT2D eigenvalue weighted by Gasteiger charge is -2.07. The van der Waals surface area contributed by atoms with E-state index in [0.29, 0.717) is 25.3 Å². The molecule has 0 radical (unpaired) electrons. The van der Waals surface area contributed by atoms with Crippen molar-refractivity contribution in [2.24, 2.45) is 0 Å². The van der Waals surface area contributed by atoms with E-state index in [9.17, 15) is 4.79 Å². The molecule has 0 saturated heterocycles. The summed E-state index contributed by atoms with van der Waals surface area (Å²) >= 11 is 0. The normalized spacial score (nSPS) is 10.8. The van der Waals surface area contributed by atoms with Gasteiger partial charge in [-0.25, -0.2) is 9.48 Å². The minimum absolute atomic E-state index is 0.00257. The van der Waals surface area contributed by atoms with Crippen LogP contribution in [-0.4, -0.2) is 39.8 Å². The van der Waals surface area contributed by atoms with Crippen LogP contribution in [0.5, 0.6) is 0 Å². The zero-order chi connectivity index (χ0) is 15.2. The van der Waals surface area contributed by atoms with Crippen LogP contribution in [0, 0.1) is 0 Å². The highest BCUT2D eigenvalue weighted by Crippen LogP contribution is 2.11. The predicted molar refractivity (Wildman–Crippen MR) is 77.5 cm³/mol. The Bertz CT molecular complexity index is 605. The van der Waals surface area contributed by atoms with Gasteiger partial charge in [-0.05, 0) is 17.5 Å². The summed E-state index contributed by atoms with van der Waals surface area (Å²) in [6, 6.07) is 8.19. The lowest BCUT2D eigenvalue weighted by atomic mass is 10.1. The number of ether oxygens (including phenoxy) is 1. The molecule has 2 aromatic rings. The maximum absolute atomic E-state index is 11.2. The molecule has 2 rings (SSSR count). The Labute approximate surface area is 123 Å². The highest BCUT2D eigenvalue weighted by atomic mass is 16.5. The second kappa shape index (κ2) is 6.99. The van der Waals surface area contributed by atoms with Crippen LogP contribution in [0.15, 0.2) is 24.3 Å². The molecule has 6 nitrogen and oxygen atoms in total. The number of carboxylic acids is 1. The van der Waals surface area contributed by atoms with Gasteiger partial charge in [0.25, 0.3) is 0 Å². The molecular weight excluding hydrogens is 270 g/mol. The predicted octanol–water partition coefficient (Wildman–Crippen LogP) is 1.78. The molecule has 112 valence electrons. The SMILES string of the molecule is CCc1ccc(Cn2nnc(C(=O)O)c2CCOC)cc1. The van der Waals surface area contributed by atoms with Crippen LogP contribution in [0.2, 0.25) is 0 Å². The van der Waals surface area contributed by atoms with Gasteiger partial charge in [-0.1, -0.05) is 36.4 Å². The van der Waals surface area contributed by atoms with Gasteiger partial charge in [-0.3, -0.25) is 0 Å². The van der Waals surface area contributed by atoms with Crippen LogP contribution < -0.4 is 0 Å². The molecule has 1 aromatic carbocycles. The third-order valence-corrected chi connectivity index (χ3v) is 3.35. The molecule has 0 atom stereocenters. The van der Waals surface area contributed by atoms with E-state index in [0.717, 1.165) is 12.0 Å². The number of benzene rings is 1. The molecule has 0 aliphatic carbocycles. The number of hydrogen-bond donors (Lipinski definition) is 1. The Kier molecular flexibility index (Phi) is 5.05. The van der Waals surface area contributed by atoms with E-state index >= 15 is 0 Å². The van der Waals surface area contributed by atoms with Gasteiger partial charge in [-0.15, -0.1) is 5.10 Å². The summed E-state index contributed by atoms with van der Waals surface area (Å²) in [5, 5.41) is 16.9. The number of aromatic carboxylic acids is 1. The van der Waals surface area contributed by atoms with Gasteiger partial charge in [0.1, 0.15) is 0 Å². The quantitative estimate of drug-likeness (QED) is 0.840. The zero-order valence-electron chi connectivity index (χ0n) is 12.2. The summed E-state index contributed by atoms with van der Waals surface area (Å²) in [5.41, 5.74) is 2.91. The molecule has 0 saturated carbocycles. The molecule has 0 fully saturated rings. The highest BCUT2D eigenvalue weighted by molar-refractivity contribution is 5.86. The van der Waals surface area contributed by atoms with Crippen molar-refractivity contribution in [3.8, 4) is 0 Å². The Morgan fingerprint density at radius 1 is 1.29 bits per heavy atom. The second-order valence-electron chi connectivity index (χ2n) is 4.76. The molecule has 0 amide bonds. The van der Waals surface area contributed by atoms with Crippen molar-refractivity contribution in [3.05, 3.63) is 46.8 Å². The number of methoxy groups -OCH3 is 1. The largest absolute Gasteiger partial charge is 0.476 e. The first-order valence-corrected chi connectivity index (χ1v) is 6.88. The van der Waals surface area contributed by atoms with Gasteiger partial charge in [0.05, 0.1) is 18.8 Å². The van der Waals surface area contributed by atoms with Crippen LogP contribution in [0.3, 0.4) is 0 Å². The van der Waals surface area contributed by atoms with E-state index < -0.39 is 5.97 Å². The minimum atomic E-state index is -1.06. The summed E-state index contributed by atoms with van der Waals surface area (Å²) in [7, 11) is 1.58. The fourth-order valence-electron chi connectivity index (χ4n) is 2.13. The molecule has 1 N–H and O–H groups in total. The maximum Gasteiger partial charge on any atom is 0.358 e. The molecular formula is C15H19N3O3. The minimum Gasteiger partial charge on any atom is -0.476 e. The van der Waals surface area contributed by atoms with Gasteiger partial charge in [0.2, 0.25) is 0 Å².